The molecule has 194 valence electrons. The molecular formula is C31H22Cl2N2O3S. The van der Waals surface area contributed by atoms with Crippen molar-refractivity contribution in [1.29, 1.82) is 0 Å². The van der Waals surface area contributed by atoms with Crippen LogP contribution in [0.25, 0.3) is 33.9 Å². The van der Waals surface area contributed by atoms with Gasteiger partial charge in [-0.2, -0.15) is 0 Å². The van der Waals surface area contributed by atoms with Crippen molar-refractivity contribution in [2.75, 3.05) is 0 Å². The predicted octanol–water partition coefficient (Wildman–Crippen LogP) is 8.70. The Labute approximate surface area is 239 Å². The summed E-state index contributed by atoms with van der Waals surface area (Å²) in [5.41, 5.74) is 4.69. The molecule has 0 bridgehead atoms. The number of halogens is 2. The molecule has 0 fully saturated rings. The molecule has 0 aliphatic rings. The maximum Gasteiger partial charge on any atom is 0.335 e. The molecule has 5 aromatic rings. The lowest BCUT2D eigenvalue weighted by Gasteiger charge is -2.06. The molecule has 8 heteroatoms. The van der Waals surface area contributed by atoms with E-state index in [4.69, 9.17) is 28.2 Å². The Morgan fingerprint density at radius 1 is 0.949 bits per heavy atom. The van der Waals surface area contributed by atoms with Crippen LogP contribution in [0.4, 0.5) is 0 Å². The number of imidazole rings is 1. The second kappa shape index (κ2) is 11.4. The number of carbonyl (C=O) groups excluding carboxylic acids is 1. The van der Waals surface area contributed by atoms with Crippen molar-refractivity contribution in [3.8, 4) is 21.7 Å². The molecule has 0 saturated heterocycles. The standard InChI is InChI=1S/C31H22Cl2N2O3S/c1-19(36)28-13-14-29(39-28)22-7-2-20(3-8-22)6-15-30-34-27(25-12-11-24(32)16-26(25)33)18-35(30)17-21-4-9-23(10-5-21)31(37)38/h2-16,18H,17H2,1H3,(H,37,38). The number of ketones is 1. The van der Waals surface area contributed by atoms with Gasteiger partial charge in [0.15, 0.2) is 5.78 Å². The Hall–Kier alpha value is -3.97. The molecule has 0 spiro atoms. The third kappa shape index (κ3) is 6.20. The molecule has 0 atom stereocenters. The second-order valence-electron chi connectivity index (χ2n) is 8.91. The highest BCUT2D eigenvalue weighted by atomic mass is 35.5. The molecule has 5 rings (SSSR count). The van der Waals surface area contributed by atoms with Crippen molar-refractivity contribution >= 4 is 58.4 Å². The van der Waals surface area contributed by atoms with Gasteiger partial charge in [0.25, 0.3) is 0 Å². The lowest BCUT2D eigenvalue weighted by atomic mass is 10.1. The van der Waals surface area contributed by atoms with Gasteiger partial charge in [0, 0.05) is 28.2 Å². The summed E-state index contributed by atoms with van der Waals surface area (Å²) >= 11 is 14.0. The number of aromatic carboxylic acids is 1. The Morgan fingerprint density at radius 2 is 1.69 bits per heavy atom. The number of hydrogen-bond acceptors (Lipinski definition) is 4. The maximum absolute atomic E-state index is 11.6. The minimum absolute atomic E-state index is 0.0680. The van der Waals surface area contributed by atoms with Gasteiger partial charge in [0.2, 0.25) is 0 Å². The van der Waals surface area contributed by atoms with E-state index in [1.807, 2.05) is 65.4 Å². The fourth-order valence-electron chi connectivity index (χ4n) is 4.08. The van der Waals surface area contributed by atoms with E-state index in [-0.39, 0.29) is 11.3 Å². The molecule has 39 heavy (non-hydrogen) atoms. The van der Waals surface area contributed by atoms with Crippen LogP contribution in [0.5, 0.6) is 0 Å². The number of benzene rings is 3. The van der Waals surface area contributed by atoms with E-state index in [1.165, 1.54) is 11.3 Å². The number of Topliss-reactive ketones (excluding diaryl/α,β-unsaturated/α-hetero) is 1. The number of nitrogens with zero attached hydrogens (tertiary/aromatic N) is 2. The number of thiophene rings is 1. The topological polar surface area (TPSA) is 72.2 Å². The molecule has 2 heterocycles. The van der Waals surface area contributed by atoms with Gasteiger partial charge < -0.3 is 9.67 Å². The maximum atomic E-state index is 11.6. The highest BCUT2D eigenvalue weighted by Gasteiger charge is 2.13. The molecule has 1 N–H and O–H groups in total. The quantitative estimate of drug-likeness (QED) is 0.189. The average molecular weight is 574 g/mol. The van der Waals surface area contributed by atoms with E-state index in [1.54, 1.807) is 43.3 Å². The van der Waals surface area contributed by atoms with Crippen molar-refractivity contribution in [2.45, 2.75) is 13.5 Å². The normalized spacial score (nSPS) is 11.3. The summed E-state index contributed by atoms with van der Waals surface area (Å²) in [4.78, 5) is 29.5. The molecule has 0 aliphatic heterocycles. The van der Waals surface area contributed by atoms with Crippen molar-refractivity contribution in [2.24, 2.45) is 0 Å². The zero-order valence-corrected chi connectivity index (χ0v) is 23.1. The van der Waals surface area contributed by atoms with Crippen LogP contribution in [-0.4, -0.2) is 26.4 Å². The number of carboxylic acid groups (broad SMARTS) is 1. The van der Waals surface area contributed by atoms with Gasteiger partial charge in [-0.25, -0.2) is 9.78 Å². The van der Waals surface area contributed by atoms with Crippen LogP contribution in [0.2, 0.25) is 10.0 Å². The number of aromatic nitrogens is 2. The molecule has 0 unspecified atom stereocenters. The van der Waals surface area contributed by atoms with Gasteiger partial charge in [-0.1, -0.05) is 65.7 Å². The average Bonchev–Trinajstić information content (AvgIpc) is 3.56. The second-order valence-corrected chi connectivity index (χ2v) is 10.8. The lowest BCUT2D eigenvalue weighted by molar-refractivity contribution is 0.0696. The van der Waals surface area contributed by atoms with Crippen LogP contribution in [0, 0.1) is 0 Å². The molecule has 0 amide bonds. The minimum Gasteiger partial charge on any atom is -0.478 e. The van der Waals surface area contributed by atoms with Gasteiger partial charge in [0.05, 0.1) is 21.2 Å². The van der Waals surface area contributed by atoms with E-state index in [2.05, 4.69) is 0 Å². The third-order valence-corrected chi connectivity index (χ3v) is 7.92. The van der Waals surface area contributed by atoms with Crippen LogP contribution in [0.3, 0.4) is 0 Å². The number of carbonyl (C=O) groups is 2. The van der Waals surface area contributed by atoms with Gasteiger partial charge >= 0.3 is 5.97 Å². The Balaban J connectivity index is 1.44. The summed E-state index contributed by atoms with van der Waals surface area (Å²) in [6, 6.07) is 24.0. The molecule has 0 saturated carbocycles. The van der Waals surface area contributed by atoms with Crippen molar-refractivity contribution < 1.29 is 14.7 Å². The summed E-state index contributed by atoms with van der Waals surface area (Å²) in [6.07, 6.45) is 5.85. The largest absolute Gasteiger partial charge is 0.478 e. The summed E-state index contributed by atoms with van der Waals surface area (Å²) in [6.45, 7) is 2.07. The predicted molar refractivity (Wildman–Crippen MR) is 159 cm³/mol. The molecule has 2 aromatic heterocycles. The Morgan fingerprint density at radius 3 is 2.33 bits per heavy atom. The number of hydrogen-bond donors (Lipinski definition) is 1. The molecule has 3 aromatic carbocycles. The van der Waals surface area contributed by atoms with E-state index in [0.717, 1.165) is 32.0 Å². The minimum atomic E-state index is -0.961. The first kappa shape index (κ1) is 26.6. The van der Waals surface area contributed by atoms with Crippen LogP contribution < -0.4 is 0 Å². The van der Waals surface area contributed by atoms with Crippen molar-refractivity contribution in [3.63, 3.8) is 0 Å². The number of rotatable bonds is 8. The first-order chi connectivity index (χ1) is 18.8. The van der Waals surface area contributed by atoms with E-state index >= 15 is 0 Å². The summed E-state index contributed by atoms with van der Waals surface area (Å²) in [7, 11) is 0. The van der Waals surface area contributed by atoms with Crippen LogP contribution in [0.15, 0.2) is 85.1 Å². The van der Waals surface area contributed by atoms with Crippen LogP contribution in [0.1, 0.15) is 43.9 Å². The molecule has 5 nitrogen and oxygen atoms in total. The number of carboxylic acids is 1. The summed E-state index contributed by atoms with van der Waals surface area (Å²) in [5, 5.41) is 10.3. The van der Waals surface area contributed by atoms with Crippen molar-refractivity contribution in [3.05, 3.63) is 122 Å². The Kier molecular flexibility index (Phi) is 7.79. The first-order valence-electron chi connectivity index (χ1n) is 12.0. The zero-order valence-electron chi connectivity index (χ0n) is 20.8. The molecule has 0 aliphatic carbocycles. The highest BCUT2D eigenvalue weighted by Crippen LogP contribution is 2.31. The Bertz CT molecular complexity index is 1700. The summed E-state index contributed by atoms with van der Waals surface area (Å²) in [5.74, 6) is -0.179. The molecular weight excluding hydrogens is 551 g/mol. The fraction of sp³-hybridized carbons (Fsp3) is 0.0645. The monoisotopic (exact) mass is 572 g/mol. The third-order valence-electron chi connectivity index (χ3n) is 6.14. The van der Waals surface area contributed by atoms with Gasteiger partial charge in [-0.05, 0) is 72.2 Å². The smallest absolute Gasteiger partial charge is 0.335 e. The van der Waals surface area contributed by atoms with Gasteiger partial charge in [-0.3, -0.25) is 4.79 Å². The van der Waals surface area contributed by atoms with Crippen LogP contribution >= 0.6 is 34.5 Å². The highest BCUT2D eigenvalue weighted by molar-refractivity contribution is 7.17. The van der Waals surface area contributed by atoms with Gasteiger partial charge in [0.1, 0.15) is 5.82 Å². The lowest BCUT2D eigenvalue weighted by Crippen LogP contribution is -2.02. The van der Waals surface area contributed by atoms with Crippen LogP contribution in [-0.2, 0) is 6.54 Å². The fourth-order valence-corrected chi connectivity index (χ4v) is 5.49. The van der Waals surface area contributed by atoms with E-state index in [0.29, 0.717) is 28.1 Å². The SMILES string of the molecule is CC(=O)c1ccc(-c2ccc(C=Cc3nc(-c4ccc(Cl)cc4Cl)cn3Cc3ccc(C(=O)O)cc3)cc2)s1. The summed E-state index contributed by atoms with van der Waals surface area (Å²) < 4.78 is 2.00. The van der Waals surface area contributed by atoms with Gasteiger partial charge in [-0.15, -0.1) is 11.3 Å². The first-order valence-corrected chi connectivity index (χ1v) is 13.6. The zero-order chi connectivity index (χ0) is 27.5. The van der Waals surface area contributed by atoms with Crippen molar-refractivity contribution in [1.82, 2.24) is 9.55 Å². The molecule has 0 radical (unpaired) electrons. The van der Waals surface area contributed by atoms with E-state index < -0.39 is 5.97 Å². The van der Waals surface area contributed by atoms with E-state index in [9.17, 15) is 14.7 Å².